The van der Waals surface area contributed by atoms with Crippen LogP contribution in [0.3, 0.4) is 0 Å². The Labute approximate surface area is 142 Å². The average Bonchev–Trinajstić information content (AvgIpc) is 3.19. The van der Waals surface area contributed by atoms with Crippen molar-refractivity contribution in [2.75, 3.05) is 23.7 Å². The monoisotopic (exact) mass is 350 g/mol. The first-order valence-corrected chi connectivity index (χ1v) is 9.20. The Morgan fingerprint density at radius 2 is 2.04 bits per heavy atom. The lowest BCUT2D eigenvalue weighted by atomic mass is 9.96. The minimum absolute atomic E-state index is 0.00216. The Morgan fingerprint density at radius 3 is 2.65 bits per heavy atom. The zero-order valence-electron chi connectivity index (χ0n) is 12.7. The maximum atomic E-state index is 12.2. The lowest BCUT2D eigenvalue weighted by Gasteiger charge is -2.31. The molecule has 3 heterocycles. The van der Waals surface area contributed by atoms with Crippen LogP contribution in [0.15, 0.2) is 22.9 Å². The molecular weight excluding hydrogens is 332 g/mol. The topological polar surface area (TPSA) is 74.3 Å². The van der Waals surface area contributed by atoms with Crippen LogP contribution in [-0.2, 0) is 4.79 Å². The number of aryl methyl sites for hydroxylation is 1. The standard InChI is InChI=1S/C15H18N4O2S2/c1-10-9-23-14(16-10)18-13(20)11-4-6-19(7-5-11)15(21)17-12-3-2-8-22-12/h2-3,8-9,11H,4-7H2,1H3,(H,17,21)(H,16,18,20). The number of urea groups is 1. The van der Waals surface area contributed by atoms with Crippen molar-refractivity contribution in [1.82, 2.24) is 9.88 Å². The lowest BCUT2D eigenvalue weighted by molar-refractivity contribution is -0.121. The predicted molar refractivity (Wildman–Crippen MR) is 93.1 cm³/mol. The maximum absolute atomic E-state index is 12.2. The van der Waals surface area contributed by atoms with Gasteiger partial charge in [-0.05, 0) is 37.3 Å². The summed E-state index contributed by atoms with van der Waals surface area (Å²) in [7, 11) is 0. The van der Waals surface area contributed by atoms with Gasteiger partial charge in [0.25, 0.3) is 0 Å². The van der Waals surface area contributed by atoms with E-state index in [1.54, 1.807) is 4.90 Å². The number of hydrogen-bond donors (Lipinski definition) is 2. The Bertz CT molecular complexity index is 675. The molecule has 0 aromatic carbocycles. The molecule has 23 heavy (non-hydrogen) atoms. The molecule has 1 aliphatic rings. The van der Waals surface area contributed by atoms with E-state index in [1.807, 2.05) is 29.8 Å². The summed E-state index contributed by atoms with van der Waals surface area (Å²) in [5, 5.41) is 11.1. The van der Waals surface area contributed by atoms with E-state index in [-0.39, 0.29) is 17.9 Å². The van der Waals surface area contributed by atoms with Gasteiger partial charge in [-0.3, -0.25) is 10.1 Å². The van der Waals surface area contributed by atoms with E-state index in [2.05, 4.69) is 15.6 Å². The van der Waals surface area contributed by atoms with Gasteiger partial charge in [-0.25, -0.2) is 9.78 Å². The summed E-state index contributed by atoms with van der Waals surface area (Å²) in [5.41, 5.74) is 0.908. The van der Waals surface area contributed by atoms with Crippen LogP contribution in [0, 0.1) is 12.8 Å². The molecule has 0 radical (unpaired) electrons. The van der Waals surface area contributed by atoms with Gasteiger partial charge in [-0.15, -0.1) is 22.7 Å². The molecule has 2 aromatic rings. The van der Waals surface area contributed by atoms with E-state index >= 15 is 0 Å². The van der Waals surface area contributed by atoms with Crippen LogP contribution in [0.4, 0.5) is 14.9 Å². The van der Waals surface area contributed by atoms with Crippen molar-refractivity contribution in [3.63, 3.8) is 0 Å². The largest absolute Gasteiger partial charge is 0.324 e. The number of likely N-dealkylation sites (tertiary alicyclic amines) is 1. The molecule has 0 spiro atoms. The van der Waals surface area contributed by atoms with Crippen LogP contribution in [-0.4, -0.2) is 34.9 Å². The van der Waals surface area contributed by atoms with Crippen molar-refractivity contribution in [2.45, 2.75) is 19.8 Å². The van der Waals surface area contributed by atoms with Crippen molar-refractivity contribution in [3.05, 3.63) is 28.6 Å². The number of hydrogen-bond acceptors (Lipinski definition) is 5. The van der Waals surface area contributed by atoms with Gasteiger partial charge in [-0.1, -0.05) is 0 Å². The molecular formula is C15H18N4O2S2. The summed E-state index contributed by atoms with van der Waals surface area (Å²) >= 11 is 2.93. The first-order chi connectivity index (χ1) is 11.1. The molecule has 2 aromatic heterocycles. The number of rotatable bonds is 3. The van der Waals surface area contributed by atoms with E-state index in [4.69, 9.17) is 0 Å². The lowest BCUT2D eigenvalue weighted by Crippen LogP contribution is -2.43. The number of amides is 3. The number of thiophene rings is 1. The van der Waals surface area contributed by atoms with Crippen molar-refractivity contribution >= 4 is 44.7 Å². The summed E-state index contributed by atoms with van der Waals surface area (Å²) in [6, 6.07) is 3.68. The van der Waals surface area contributed by atoms with Crippen molar-refractivity contribution < 1.29 is 9.59 Å². The third kappa shape index (κ3) is 4.08. The second kappa shape index (κ2) is 7.10. The number of piperidine rings is 1. The van der Waals surface area contributed by atoms with Crippen molar-refractivity contribution in [2.24, 2.45) is 5.92 Å². The van der Waals surface area contributed by atoms with Crippen molar-refractivity contribution in [1.29, 1.82) is 0 Å². The predicted octanol–water partition coefficient (Wildman–Crippen LogP) is 3.40. The van der Waals surface area contributed by atoms with E-state index in [1.165, 1.54) is 22.7 Å². The average molecular weight is 350 g/mol. The summed E-state index contributed by atoms with van der Waals surface area (Å²) in [6.45, 7) is 3.08. The number of thiazole rings is 1. The van der Waals surface area contributed by atoms with Gasteiger partial charge < -0.3 is 10.2 Å². The Balaban J connectivity index is 1.47. The first kappa shape index (κ1) is 15.9. The molecule has 6 nitrogen and oxygen atoms in total. The molecule has 1 aliphatic heterocycles. The van der Waals surface area contributed by atoms with Gasteiger partial charge >= 0.3 is 6.03 Å². The van der Waals surface area contributed by atoms with Crippen LogP contribution in [0.2, 0.25) is 0 Å². The molecule has 0 unspecified atom stereocenters. The van der Waals surface area contributed by atoms with E-state index in [9.17, 15) is 9.59 Å². The zero-order valence-corrected chi connectivity index (χ0v) is 14.4. The number of anilines is 2. The van der Waals surface area contributed by atoms with Crippen LogP contribution in [0.5, 0.6) is 0 Å². The number of nitrogens with one attached hydrogen (secondary N) is 2. The molecule has 1 saturated heterocycles. The highest BCUT2D eigenvalue weighted by molar-refractivity contribution is 7.14. The SMILES string of the molecule is Cc1csc(NC(=O)C2CCN(C(=O)Nc3cccs3)CC2)n1. The highest BCUT2D eigenvalue weighted by atomic mass is 32.1. The summed E-state index contributed by atoms with van der Waals surface area (Å²) in [6.07, 6.45) is 1.35. The number of carbonyl (C=O) groups excluding carboxylic acids is 2. The Hall–Kier alpha value is -1.93. The van der Waals surface area contributed by atoms with Gasteiger partial charge in [0.05, 0.1) is 10.7 Å². The van der Waals surface area contributed by atoms with Gasteiger partial charge in [0.1, 0.15) is 0 Å². The minimum atomic E-state index is -0.0955. The molecule has 0 atom stereocenters. The third-order valence-electron chi connectivity index (χ3n) is 3.75. The number of nitrogens with zero attached hydrogens (tertiary/aromatic N) is 2. The molecule has 3 amide bonds. The molecule has 8 heteroatoms. The fourth-order valence-corrected chi connectivity index (χ4v) is 3.80. The summed E-state index contributed by atoms with van der Waals surface area (Å²) < 4.78 is 0. The van der Waals surface area contributed by atoms with Crippen molar-refractivity contribution in [3.8, 4) is 0 Å². The molecule has 1 fully saturated rings. The van der Waals surface area contributed by atoms with E-state index in [0.717, 1.165) is 10.7 Å². The molecule has 0 bridgehead atoms. The smallest absolute Gasteiger partial charge is 0.322 e. The quantitative estimate of drug-likeness (QED) is 0.891. The third-order valence-corrected chi connectivity index (χ3v) is 5.41. The van der Waals surface area contributed by atoms with Gasteiger partial charge in [0, 0.05) is 24.4 Å². The fraction of sp³-hybridized carbons (Fsp3) is 0.400. The highest BCUT2D eigenvalue weighted by Gasteiger charge is 2.27. The maximum Gasteiger partial charge on any atom is 0.322 e. The minimum Gasteiger partial charge on any atom is -0.324 e. The number of aromatic nitrogens is 1. The van der Waals surface area contributed by atoms with Gasteiger partial charge in [0.2, 0.25) is 5.91 Å². The second-order valence-electron chi connectivity index (χ2n) is 5.45. The molecule has 122 valence electrons. The van der Waals surface area contributed by atoms with Crippen LogP contribution in [0.25, 0.3) is 0 Å². The Morgan fingerprint density at radius 1 is 1.26 bits per heavy atom. The fourth-order valence-electron chi connectivity index (χ4n) is 2.50. The van der Waals surface area contributed by atoms with Crippen LogP contribution < -0.4 is 10.6 Å². The summed E-state index contributed by atoms with van der Waals surface area (Å²) in [5.74, 6) is -0.0670. The molecule has 3 rings (SSSR count). The van der Waals surface area contributed by atoms with E-state index < -0.39 is 0 Å². The van der Waals surface area contributed by atoms with Crippen LogP contribution >= 0.6 is 22.7 Å². The second-order valence-corrected chi connectivity index (χ2v) is 7.26. The Kier molecular flexibility index (Phi) is 4.92. The van der Waals surface area contributed by atoms with Gasteiger partial charge in [-0.2, -0.15) is 0 Å². The van der Waals surface area contributed by atoms with Gasteiger partial charge in [0.15, 0.2) is 5.13 Å². The zero-order chi connectivity index (χ0) is 16.2. The highest BCUT2D eigenvalue weighted by Crippen LogP contribution is 2.22. The van der Waals surface area contributed by atoms with Crippen LogP contribution in [0.1, 0.15) is 18.5 Å². The molecule has 0 saturated carbocycles. The summed E-state index contributed by atoms with van der Waals surface area (Å²) in [4.78, 5) is 30.4. The normalized spacial score (nSPS) is 15.4. The number of carbonyl (C=O) groups is 2. The first-order valence-electron chi connectivity index (χ1n) is 7.44. The molecule has 2 N–H and O–H groups in total. The van der Waals surface area contributed by atoms with E-state index in [0.29, 0.717) is 31.1 Å². The molecule has 0 aliphatic carbocycles.